The van der Waals surface area contributed by atoms with Gasteiger partial charge in [-0.2, -0.15) is 0 Å². The van der Waals surface area contributed by atoms with Crippen LogP contribution in [0.15, 0.2) is 0 Å². The van der Waals surface area contributed by atoms with Crippen LogP contribution in [0.4, 0.5) is 0 Å². The van der Waals surface area contributed by atoms with Crippen LogP contribution in [0.3, 0.4) is 0 Å². The van der Waals surface area contributed by atoms with Gasteiger partial charge in [-0.3, -0.25) is 0 Å². The molecule has 2 N–H and O–H groups in total. The molecule has 4 unspecified atom stereocenters. The molecule has 0 heterocycles. The number of hydrogen-bond acceptors (Lipinski definition) is 2. The number of nitrogens with zero attached hydrogens (tertiary/aromatic N) is 1. The summed E-state index contributed by atoms with van der Waals surface area (Å²) in [6.45, 7) is 12.5. The predicted octanol–water partition coefficient (Wildman–Crippen LogP) is 2.73. The SMILES string of the molecule is CCN(CC(C)CN)C1CCC(C)C(C)C1. The molecule has 1 aliphatic carbocycles. The maximum Gasteiger partial charge on any atom is 0.00980 e. The third-order valence-electron chi connectivity index (χ3n) is 4.44. The smallest absolute Gasteiger partial charge is 0.00980 e. The van der Waals surface area contributed by atoms with E-state index >= 15 is 0 Å². The Balaban J connectivity index is 2.47. The fourth-order valence-electron chi connectivity index (χ4n) is 2.86. The summed E-state index contributed by atoms with van der Waals surface area (Å²) in [6, 6.07) is 0.810. The first-order chi connectivity index (χ1) is 7.58. The van der Waals surface area contributed by atoms with E-state index in [2.05, 4.69) is 32.6 Å². The highest BCUT2D eigenvalue weighted by Crippen LogP contribution is 2.32. The molecule has 0 saturated heterocycles. The molecule has 0 aliphatic heterocycles. The van der Waals surface area contributed by atoms with Gasteiger partial charge in [0.05, 0.1) is 0 Å². The van der Waals surface area contributed by atoms with Crippen LogP contribution in [0.1, 0.15) is 47.0 Å². The highest BCUT2D eigenvalue weighted by Gasteiger charge is 2.28. The molecule has 0 spiro atoms. The van der Waals surface area contributed by atoms with Crippen LogP contribution in [0.25, 0.3) is 0 Å². The molecule has 1 saturated carbocycles. The minimum Gasteiger partial charge on any atom is -0.330 e. The topological polar surface area (TPSA) is 29.3 Å². The molecule has 16 heavy (non-hydrogen) atoms. The Bertz CT molecular complexity index is 191. The van der Waals surface area contributed by atoms with Crippen LogP contribution < -0.4 is 5.73 Å². The average Bonchev–Trinajstić information content (AvgIpc) is 2.29. The molecule has 0 aromatic carbocycles. The largest absolute Gasteiger partial charge is 0.330 e. The lowest BCUT2D eigenvalue weighted by molar-refractivity contribution is 0.102. The molecule has 4 atom stereocenters. The standard InChI is InChI=1S/C14H30N2/c1-5-16(10-11(2)9-15)14-7-6-12(3)13(4)8-14/h11-14H,5-10,15H2,1-4H3. The van der Waals surface area contributed by atoms with Gasteiger partial charge in [-0.05, 0) is 50.1 Å². The Labute approximate surface area is 102 Å². The second kappa shape index (κ2) is 6.61. The maximum atomic E-state index is 5.73. The summed E-state index contributed by atoms with van der Waals surface area (Å²) in [6.07, 6.45) is 4.17. The van der Waals surface area contributed by atoms with E-state index in [0.29, 0.717) is 5.92 Å². The van der Waals surface area contributed by atoms with Crippen LogP contribution in [-0.2, 0) is 0 Å². The van der Waals surface area contributed by atoms with Gasteiger partial charge >= 0.3 is 0 Å². The van der Waals surface area contributed by atoms with Gasteiger partial charge in [0.1, 0.15) is 0 Å². The first-order valence-corrected chi connectivity index (χ1v) is 7.02. The second-order valence-corrected chi connectivity index (χ2v) is 5.85. The fourth-order valence-corrected chi connectivity index (χ4v) is 2.86. The highest BCUT2D eigenvalue weighted by molar-refractivity contribution is 4.82. The maximum absolute atomic E-state index is 5.73. The zero-order valence-electron chi connectivity index (χ0n) is 11.6. The van der Waals surface area contributed by atoms with E-state index in [9.17, 15) is 0 Å². The lowest BCUT2D eigenvalue weighted by atomic mass is 9.78. The summed E-state index contributed by atoms with van der Waals surface area (Å²) in [5.74, 6) is 2.44. The summed E-state index contributed by atoms with van der Waals surface area (Å²) < 4.78 is 0. The fraction of sp³-hybridized carbons (Fsp3) is 1.00. The van der Waals surface area contributed by atoms with Crippen LogP contribution in [0.5, 0.6) is 0 Å². The third-order valence-corrected chi connectivity index (χ3v) is 4.44. The van der Waals surface area contributed by atoms with Crippen molar-refractivity contribution in [1.29, 1.82) is 0 Å². The summed E-state index contributed by atoms with van der Waals surface area (Å²) in [5.41, 5.74) is 5.73. The molecule has 0 amide bonds. The predicted molar refractivity (Wildman–Crippen MR) is 71.4 cm³/mol. The molecule has 2 heteroatoms. The van der Waals surface area contributed by atoms with Crippen molar-refractivity contribution in [2.24, 2.45) is 23.5 Å². The van der Waals surface area contributed by atoms with Gasteiger partial charge < -0.3 is 10.6 Å². The summed E-state index contributed by atoms with van der Waals surface area (Å²) in [4.78, 5) is 2.65. The first-order valence-electron chi connectivity index (χ1n) is 7.02. The Kier molecular flexibility index (Phi) is 5.77. The Morgan fingerprint density at radius 2 is 1.94 bits per heavy atom. The van der Waals surface area contributed by atoms with Crippen molar-refractivity contribution in [3.05, 3.63) is 0 Å². The second-order valence-electron chi connectivity index (χ2n) is 5.85. The molecular weight excluding hydrogens is 196 g/mol. The van der Waals surface area contributed by atoms with Crippen molar-refractivity contribution < 1.29 is 0 Å². The van der Waals surface area contributed by atoms with Crippen LogP contribution in [-0.4, -0.2) is 30.6 Å². The number of rotatable bonds is 5. The van der Waals surface area contributed by atoms with Crippen molar-refractivity contribution in [2.45, 2.75) is 53.0 Å². The van der Waals surface area contributed by atoms with Gasteiger partial charge in [0.15, 0.2) is 0 Å². The Hall–Kier alpha value is -0.0800. The van der Waals surface area contributed by atoms with E-state index in [1.54, 1.807) is 0 Å². The van der Waals surface area contributed by atoms with Crippen molar-refractivity contribution in [3.8, 4) is 0 Å². The molecule has 2 nitrogen and oxygen atoms in total. The van der Waals surface area contributed by atoms with Crippen LogP contribution in [0, 0.1) is 17.8 Å². The quantitative estimate of drug-likeness (QED) is 0.781. The molecule has 0 bridgehead atoms. The van der Waals surface area contributed by atoms with Gasteiger partial charge in [0.2, 0.25) is 0 Å². The summed E-state index contributed by atoms with van der Waals surface area (Å²) in [7, 11) is 0. The zero-order chi connectivity index (χ0) is 12.1. The summed E-state index contributed by atoms with van der Waals surface area (Å²) in [5, 5.41) is 0. The molecule has 0 aromatic rings. The zero-order valence-corrected chi connectivity index (χ0v) is 11.6. The van der Waals surface area contributed by atoms with Crippen molar-refractivity contribution in [3.63, 3.8) is 0 Å². The van der Waals surface area contributed by atoms with E-state index in [4.69, 9.17) is 5.73 Å². The summed E-state index contributed by atoms with van der Waals surface area (Å²) >= 11 is 0. The van der Waals surface area contributed by atoms with E-state index in [0.717, 1.165) is 24.4 Å². The van der Waals surface area contributed by atoms with Crippen molar-refractivity contribution >= 4 is 0 Å². The van der Waals surface area contributed by atoms with Crippen molar-refractivity contribution in [2.75, 3.05) is 19.6 Å². The van der Waals surface area contributed by atoms with Crippen molar-refractivity contribution in [1.82, 2.24) is 4.90 Å². The molecule has 1 aliphatic rings. The van der Waals surface area contributed by atoms with Crippen LogP contribution in [0.2, 0.25) is 0 Å². The highest BCUT2D eigenvalue weighted by atomic mass is 15.2. The first kappa shape index (κ1) is 14.0. The van der Waals surface area contributed by atoms with Gasteiger partial charge in [0.25, 0.3) is 0 Å². The minimum atomic E-state index is 0.634. The van der Waals surface area contributed by atoms with E-state index in [1.807, 2.05) is 0 Å². The molecular formula is C14H30N2. The van der Waals surface area contributed by atoms with Crippen LogP contribution >= 0.6 is 0 Å². The molecule has 0 aromatic heterocycles. The van der Waals surface area contributed by atoms with E-state index in [-0.39, 0.29) is 0 Å². The van der Waals surface area contributed by atoms with Gasteiger partial charge in [-0.25, -0.2) is 0 Å². The Morgan fingerprint density at radius 1 is 1.25 bits per heavy atom. The van der Waals surface area contributed by atoms with E-state index < -0.39 is 0 Å². The average molecular weight is 226 g/mol. The molecule has 0 radical (unpaired) electrons. The normalized spacial score (nSPS) is 33.0. The van der Waals surface area contributed by atoms with Gasteiger partial charge in [-0.1, -0.05) is 27.7 Å². The molecule has 1 rings (SSSR count). The Morgan fingerprint density at radius 3 is 2.44 bits per heavy atom. The molecule has 96 valence electrons. The lowest BCUT2D eigenvalue weighted by Crippen LogP contribution is -2.43. The van der Waals surface area contributed by atoms with Gasteiger partial charge in [0, 0.05) is 12.6 Å². The minimum absolute atomic E-state index is 0.634. The van der Waals surface area contributed by atoms with Gasteiger partial charge in [-0.15, -0.1) is 0 Å². The molecule has 1 fully saturated rings. The third kappa shape index (κ3) is 3.74. The lowest BCUT2D eigenvalue weighted by Gasteiger charge is -2.39. The monoisotopic (exact) mass is 226 g/mol. The number of hydrogen-bond donors (Lipinski definition) is 1. The number of nitrogens with two attached hydrogens (primary N) is 1. The van der Waals surface area contributed by atoms with E-state index in [1.165, 1.54) is 32.4 Å².